The third kappa shape index (κ3) is 3.60. The summed E-state index contributed by atoms with van der Waals surface area (Å²) in [5.74, 6) is -0.333. The smallest absolute Gasteiger partial charge is 0.354 e. The number of rotatable bonds is 6. The Morgan fingerprint density at radius 1 is 1.04 bits per heavy atom. The first-order chi connectivity index (χ1) is 11.3. The normalized spacial score (nSPS) is 10.8. The van der Waals surface area contributed by atoms with Gasteiger partial charge in [-0.3, -0.25) is 0 Å². The van der Waals surface area contributed by atoms with Gasteiger partial charge in [0, 0.05) is 10.9 Å². The quantitative estimate of drug-likeness (QED) is 0.699. The molecule has 1 aromatic heterocycles. The summed E-state index contributed by atoms with van der Waals surface area (Å²) in [7, 11) is 0. The molecule has 0 saturated heterocycles. The number of benzene rings is 2. The maximum Gasteiger partial charge on any atom is 0.354 e. The highest BCUT2D eigenvalue weighted by Gasteiger charge is 2.12. The van der Waals surface area contributed by atoms with Crippen LogP contribution in [0.5, 0.6) is 0 Å². The lowest BCUT2D eigenvalue weighted by Gasteiger charge is -2.05. The number of nitrogens with one attached hydrogen (secondary N) is 1. The number of hydrogen-bond acceptors (Lipinski definition) is 3. The van der Waals surface area contributed by atoms with E-state index in [1.54, 1.807) is 6.92 Å². The third-order valence-electron chi connectivity index (χ3n) is 3.62. The molecule has 1 N–H and O–H groups in total. The van der Waals surface area contributed by atoms with Gasteiger partial charge in [-0.15, -0.1) is 0 Å². The predicted molar refractivity (Wildman–Crippen MR) is 89.2 cm³/mol. The van der Waals surface area contributed by atoms with Crippen LogP contribution in [0, 0.1) is 0 Å². The van der Waals surface area contributed by atoms with Gasteiger partial charge in [-0.25, -0.2) is 4.79 Å². The van der Waals surface area contributed by atoms with Gasteiger partial charge < -0.3 is 14.5 Å². The Hall–Kier alpha value is -2.59. The first-order valence-corrected chi connectivity index (χ1v) is 7.67. The number of carbonyl (C=O) groups is 1. The van der Waals surface area contributed by atoms with Crippen molar-refractivity contribution in [2.45, 2.75) is 20.1 Å². The van der Waals surface area contributed by atoms with Crippen molar-refractivity contribution >= 4 is 16.9 Å². The molecular formula is C19H19NO3. The second-order valence-electron chi connectivity index (χ2n) is 5.26. The number of ether oxygens (including phenoxy) is 2. The Morgan fingerprint density at radius 2 is 1.87 bits per heavy atom. The van der Waals surface area contributed by atoms with E-state index in [-0.39, 0.29) is 5.97 Å². The molecule has 0 spiro atoms. The van der Waals surface area contributed by atoms with Gasteiger partial charge in [0.15, 0.2) is 0 Å². The van der Waals surface area contributed by atoms with Crippen LogP contribution in [0.25, 0.3) is 10.9 Å². The zero-order valence-electron chi connectivity index (χ0n) is 13.0. The van der Waals surface area contributed by atoms with Crippen LogP contribution in [0.4, 0.5) is 0 Å². The molecule has 118 valence electrons. The molecule has 0 aliphatic rings. The minimum atomic E-state index is -0.333. The molecule has 0 atom stereocenters. The number of esters is 1. The van der Waals surface area contributed by atoms with Gasteiger partial charge in [0.05, 0.1) is 19.8 Å². The number of H-pyrrole nitrogens is 1. The van der Waals surface area contributed by atoms with Gasteiger partial charge >= 0.3 is 5.97 Å². The van der Waals surface area contributed by atoms with E-state index < -0.39 is 0 Å². The first-order valence-electron chi connectivity index (χ1n) is 7.67. The summed E-state index contributed by atoms with van der Waals surface area (Å²) in [6, 6.07) is 17.8. The SMILES string of the molecule is CCOC(=O)c1cc2c(COCc3ccccc3)cccc2[nH]1. The van der Waals surface area contributed by atoms with Crippen LogP contribution in [0.3, 0.4) is 0 Å². The number of aromatic amines is 1. The summed E-state index contributed by atoms with van der Waals surface area (Å²) in [6.45, 7) is 3.21. The van der Waals surface area contributed by atoms with Gasteiger partial charge in [0.2, 0.25) is 0 Å². The Kier molecular flexibility index (Phi) is 4.74. The standard InChI is InChI=1S/C19H19NO3/c1-2-23-19(21)18-11-16-15(9-6-10-17(16)20-18)13-22-12-14-7-4-3-5-8-14/h3-11,20H,2,12-13H2,1H3. The van der Waals surface area contributed by atoms with E-state index in [0.717, 1.165) is 22.0 Å². The predicted octanol–water partition coefficient (Wildman–Crippen LogP) is 4.06. The monoisotopic (exact) mass is 309 g/mol. The number of hydrogen-bond donors (Lipinski definition) is 1. The van der Waals surface area contributed by atoms with Crippen LogP contribution < -0.4 is 0 Å². The summed E-state index contributed by atoms with van der Waals surface area (Å²) in [5.41, 5.74) is 3.57. The molecule has 4 nitrogen and oxygen atoms in total. The molecule has 4 heteroatoms. The van der Waals surface area contributed by atoms with E-state index in [0.29, 0.717) is 25.5 Å². The van der Waals surface area contributed by atoms with Crippen molar-refractivity contribution in [3.05, 3.63) is 71.4 Å². The lowest BCUT2D eigenvalue weighted by atomic mass is 10.1. The fourth-order valence-electron chi connectivity index (χ4n) is 2.52. The Morgan fingerprint density at radius 3 is 2.65 bits per heavy atom. The molecule has 3 rings (SSSR count). The molecule has 0 radical (unpaired) electrons. The first kappa shape index (κ1) is 15.3. The van der Waals surface area contributed by atoms with Crippen LogP contribution in [0.1, 0.15) is 28.5 Å². The topological polar surface area (TPSA) is 51.3 Å². The minimum Gasteiger partial charge on any atom is -0.461 e. The molecule has 3 aromatic rings. The molecule has 0 aliphatic heterocycles. The molecule has 23 heavy (non-hydrogen) atoms. The van der Waals surface area contributed by atoms with E-state index in [2.05, 4.69) is 4.98 Å². The average Bonchev–Trinajstić information content (AvgIpc) is 3.01. The lowest BCUT2D eigenvalue weighted by molar-refractivity contribution is 0.0520. The van der Waals surface area contributed by atoms with Crippen LogP contribution in [0.15, 0.2) is 54.6 Å². The van der Waals surface area contributed by atoms with Crippen molar-refractivity contribution in [3.63, 3.8) is 0 Å². The van der Waals surface area contributed by atoms with Crippen molar-refractivity contribution in [1.82, 2.24) is 4.98 Å². The molecule has 0 unspecified atom stereocenters. The van der Waals surface area contributed by atoms with Gasteiger partial charge in [0.1, 0.15) is 5.69 Å². The fourth-order valence-corrected chi connectivity index (χ4v) is 2.52. The molecular weight excluding hydrogens is 290 g/mol. The average molecular weight is 309 g/mol. The van der Waals surface area contributed by atoms with Crippen LogP contribution in [0.2, 0.25) is 0 Å². The van der Waals surface area contributed by atoms with E-state index >= 15 is 0 Å². The van der Waals surface area contributed by atoms with Crippen LogP contribution in [-0.2, 0) is 22.7 Å². The third-order valence-corrected chi connectivity index (χ3v) is 3.62. The maximum atomic E-state index is 11.8. The van der Waals surface area contributed by atoms with Crippen LogP contribution >= 0.6 is 0 Å². The summed E-state index contributed by atoms with van der Waals surface area (Å²) in [5, 5.41) is 0.989. The van der Waals surface area contributed by atoms with Crippen molar-refractivity contribution in [3.8, 4) is 0 Å². The van der Waals surface area contributed by atoms with E-state index in [4.69, 9.17) is 9.47 Å². The molecule has 0 saturated carbocycles. The summed E-state index contributed by atoms with van der Waals surface area (Å²) < 4.78 is 10.8. The van der Waals surface area contributed by atoms with Crippen molar-refractivity contribution in [2.75, 3.05) is 6.61 Å². The largest absolute Gasteiger partial charge is 0.461 e. The van der Waals surface area contributed by atoms with Gasteiger partial charge in [-0.2, -0.15) is 0 Å². The molecule has 0 aliphatic carbocycles. The summed E-state index contributed by atoms with van der Waals surface area (Å²) >= 11 is 0. The second kappa shape index (κ2) is 7.11. The second-order valence-corrected chi connectivity index (χ2v) is 5.26. The van der Waals surface area contributed by atoms with Crippen molar-refractivity contribution in [1.29, 1.82) is 0 Å². The van der Waals surface area contributed by atoms with Gasteiger partial charge in [0.25, 0.3) is 0 Å². The summed E-state index contributed by atoms with van der Waals surface area (Å²) in [6.07, 6.45) is 0. The van der Waals surface area contributed by atoms with Crippen LogP contribution in [-0.4, -0.2) is 17.6 Å². The molecule has 1 heterocycles. The van der Waals surface area contributed by atoms with E-state index in [1.165, 1.54) is 0 Å². The van der Waals surface area contributed by atoms with Gasteiger partial charge in [-0.05, 0) is 30.2 Å². The van der Waals surface area contributed by atoms with E-state index in [1.807, 2.05) is 54.6 Å². The fraction of sp³-hybridized carbons (Fsp3) is 0.211. The zero-order valence-corrected chi connectivity index (χ0v) is 13.0. The Bertz CT molecular complexity index is 793. The molecule has 0 fully saturated rings. The lowest BCUT2D eigenvalue weighted by Crippen LogP contribution is -2.04. The molecule has 0 bridgehead atoms. The Labute approximate surface area is 135 Å². The number of carbonyl (C=O) groups excluding carboxylic acids is 1. The number of fused-ring (bicyclic) bond motifs is 1. The molecule has 2 aromatic carbocycles. The van der Waals surface area contributed by atoms with Crippen molar-refractivity contribution in [2.24, 2.45) is 0 Å². The highest BCUT2D eigenvalue weighted by atomic mass is 16.5. The highest BCUT2D eigenvalue weighted by Crippen LogP contribution is 2.21. The highest BCUT2D eigenvalue weighted by molar-refractivity contribution is 5.95. The number of aromatic nitrogens is 1. The van der Waals surface area contributed by atoms with Gasteiger partial charge in [-0.1, -0.05) is 42.5 Å². The Balaban J connectivity index is 1.74. The van der Waals surface area contributed by atoms with Crippen molar-refractivity contribution < 1.29 is 14.3 Å². The van der Waals surface area contributed by atoms with E-state index in [9.17, 15) is 4.79 Å². The summed E-state index contributed by atoms with van der Waals surface area (Å²) in [4.78, 5) is 14.9. The minimum absolute atomic E-state index is 0.333. The molecule has 0 amide bonds. The maximum absolute atomic E-state index is 11.8. The zero-order chi connectivity index (χ0) is 16.1.